The summed E-state index contributed by atoms with van der Waals surface area (Å²) in [6.45, 7) is 3.45. The number of hydrogen-bond donors (Lipinski definition) is 1. The maximum atomic E-state index is 12.9. The van der Waals surface area contributed by atoms with Crippen molar-refractivity contribution in [2.75, 3.05) is 17.9 Å². The zero-order valence-corrected chi connectivity index (χ0v) is 21.2. The molecule has 3 heterocycles. The van der Waals surface area contributed by atoms with Crippen LogP contribution in [0.2, 0.25) is 0 Å². The molecule has 1 atom stereocenters. The van der Waals surface area contributed by atoms with Crippen LogP contribution in [-0.4, -0.2) is 42.8 Å². The van der Waals surface area contributed by atoms with Gasteiger partial charge in [0.15, 0.2) is 12.4 Å². The van der Waals surface area contributed by atoms with Crippen LogP contribution in [0.3, 0.4) is 0 Å². The highest BCUT2D eigenvalue weighted by atomic mass is 79.9. The Labute approximate surface area is 208 Å². The van der Waals surface area contributed by atoms with Crippen molar-refractivity contribution in [3.8, 4) is 5.88 Å². The van der Waals surface area contributed by atoms with Gasteiger partial charge in [0, 0.05) is 31.4 Å². The van der Waals surface area contributed by atoms with Gasteiger partial charge in [-0.25, -0.2) is 13.4 Å². The van der Waals surface area contributed by atoms with E-state index in [1.807, 2.05) is 13.0 Å². The first kappa shape index (κ1) is 25.5. The molecule has 35 heavy (non-hydrogen) atoms. The van der Waals surface area contributed by atoms with Crippen molar-refractivity contribution in [2.45, 2.75) is 43.9 Å². The Balaban J connectivity index is 1.47. The Hall–Kier alpha value is -2.64. The number of nitrogens with one attached hydrogen (secondary N) is 1. The lowest BCUT2D eigenvalue weighted by Crippen LogP contribution is -2.33. The normalized spacial score (nSPS) is 15.5. The third kappa shape index (κ3) is 5.96. The van der Waals surface area contributed by atoms with E-state index in [2.05, 4.69) is 40.4 Å². The summed E-state index contributed by atoms with van der Waals surface area (Å²) in [4.78, 5) is 6.24. The molecule has 1 aliphatic heterocycles. The largest absolute Gasteiger partial charge is 0.468 e. The summed E-state index contributed by atoms with van der Waals surface area (Å²) in [7, 11) is -3.89. The summed E-state index contributed by atoms with van der Waals surface area (Å²) < 4.78 is 75.4. The fourth-order valence-electron chi connectivity index (χ4n) is 3.75. The van der Waals surface area contributed by atoms with Crippen LogP contribution in [0.4, 0.5) is 19.0 Å². The summed E-state index contributed by atoms with van der Waals surface area (Å²) in [5, 5.41) is 3.72. The number of nitrogens with zero attached hydrogens (tertiary/aromatic N) is 3. The van der Waals surface area contributed by atoms with Crippen molar-refractivity contribution in [2.24, 2.45) is 0 Å². The molecule has 0 radical (unpaired) electrons. The molecule has 0 aliphatic carbocycles. The smallest absolute Gasteiger partial charge is 0.422 e. The fraction of sp³-hybridized carbons (Fsp3) is 0.364. The Kier molecular flexibility index (Phi) is 7.11. The van der Waals surface area contributed by atoms with E-state index >= 15 is 0 Å². The average Bonchev–Trinajstić information content (AvgIpc) is 3.13. The second-order valence-electron chi connectivity index (χ2n) is 8.17. The van der Waals surface area contributed by atoms with Gasteiger partial charge in [0.2, 0.25) is 5.88 Å². The predicted octanol–water partition coefficient (Wildman–Crippen LogP) is 5.00. The number of aryl methyl sites for hydroxylation is 1. The van der Waals surface area contributed by atoms with Gasteiger partial charge in [-0.05, 0) is 65.0 Å². The molecular formula is C22H22BrF3N4O4S. The molecular weight excluding hydrogens is 553 g/mol. The van der Waals surface area contributed by atoms with Crippen LogP contribution < -0.4 is 9.46 Å². The van der Waals surface area contributed by atoms with E-state index in [1.165, 1.54) is 12.3 Å². The minimum absolute atomic E-state index is 0.0747. The van der Waals surface area contributed by atoms with Crippen molar-refractivity contribution in [3.63, 3.8) is 0 Å². The van der Waals surface area contributed by atoms with E-state index in [0.717, 1.165) is 29.7 Å². The predicted molar refractivity (Wildman–Crippen MR) is 125 cm³/mol. The van der Waals surface area contributed by atoms with Gasteiger partial charge in [0.05, 0.1) is 4.90 Å². The van der Waals surface area contributed by atoms with Crippen molar-refractivity contribution in [1.82, 2.24) is 15.0 Å². The lowest BCUT2D eigenvalue weighted by atomic mass is 9.97. The molecule has 0 amide bonds. The van der Waals surface area contributed by atoms with Crippen LogP contribution in [0.15, 0.2) is 50.4 Å². The highest BCUT2D eigenvalue weighted by Crippen LogP contribution is 2.31. The molecule has 188 valence electrons. The molecule has 1 aromatic carbocycles. The molecule has 2 aromatic heterocycles. The van der Waals surface area contributed by atoms with Crippen LogP contribution in [0, 0.1) is 6.92 Å². The van der Waals surface area contributed by atoms with E-state index in [1.54, 1.807) is 25.1 Å². The minimum Gasteiger partial charge on any atom is -0.468 e. The van der Waals surface area contributed by atoms with Crippen molar-refractivity contribution in [3.05, 3.63) is 63.5 Å². The molecule has 1 unspecified atom stereocenters. The molecule has 0 fully saturated rings. The SMILES string of the molecule is Cc1onc(NS(=O)(=O)c2ccc3c(c2)CN(C(C)c2ccc(OCC(F)(F)F)nc2)CC3)c1Br. The van der Waals surface area contributed by atoms with Crippen LogP contribution in [0.25, 0.3) is 0 Å². The van der Waals surface area contributed by atoms with Gasteiger partial charge in [-0.3, -0.25) is 9.62 Å². The summed E-state index contributed by atoms with van der Waals surface area (Å²) >= 11 is 3.25. The van der Waals surface area contributed by atoms with Gasteiger partial charge in [-0.2, -0.15) is 13.2 Å². The molecule has 0 saturated carbocycles. The number of halogens is 4. The molecule has 0 bridgehead atoms. The van der Waals surface area contributed by atoms with E-state index in [4.69, 9.17) is 4.52 Å². The second-order valence-corrected chi connectivity index (χ2v) is 10.6. The summed E-state index contributed by atoms with van der Waals surface area (Å²) in [5.74, 6) is 0.427. The van der Waals surface area contributed by atoms with Crippen LogP contribution in [-0.2, 0) is 23.0 Å². The highest BCUT2D eigenvalue weighted by molar-refractivity contribution is 9.10. The Morgan fingerprint density at radius 3 is 2.66 bits per heavy atom. The topological polar surface area (TPSA) is 97.6 Å². The standard InChI is InChI=1S/C22H22BrF3N4O4S/c1-13(16-4-6-19(27-10-16)33-12-22(24,25)26)30-8-7-15-3-5-18(9-17(15)11-30)35(31,32)29-21-20(23)14(2)34-28-21/h3-6,9-10,13H,7-8,11-12H2,1-2H3,(H,28,29). The van der Waals surface area contributed by atoms with Gasteiger partial charge in [-0.1, -0.05) is 17.3 Å². The number of alkyl halides is 3. The molecule has 1 aliphatic rings. The van der Waals surface area contributed by atoms with E-state index in [9.17, 15) is 21.6 Å². The molecule has 0 spiro atoms. The number of ether oxygens (including phenoxy) is 1. The Bertz CT molecular complexity index is 1310. The summed E-state index contributed by atoms with van der Waals surface area (Å²) in [5.41, 5.74) is 2.74. The van der Waals surface area contributed by atoms with Crippen LogP contribution in [0.5, 0.6) is 5.88 Å². The summed E-state index contributed by atoms with van der Waals surface area (Å²) in [6.07, 6.45) is -2.21. The van der Waals surface area contributed by atoms with Gasteiger partial charge < -0.3 is 9.26 Å². The molecule has 3 aromatic rings. The highest BCUT2D eigenvalue weighted by Gasteiger charge is 2.29. The van der Waals surface area contributed by atoms with Gasteiger partial charge in [0.25, 0.3) is 10.0 Å². The number of pyridine rings is 1. The van der Waals surface area contributed by atoms with E-state index in [0.29, 0.717) is 16.8 Å². The van der Waals surface area contributed by atoms with Crippen LogP contribution >= 0.6 is 15.9 Å². The molecule has 4 rings (SSSR count). The van der Waals surface area contributed by atoms with Gasteiger partial charge in [0.1, 0.15) is 10.2 Å². The monoisotopic (exact) mass is 574 g/mol. The van der Waals surface area contributed by atoms with E-state index < -0.39 is 22.8 Å². The maximum Gasteiger partial charge on any atom is 0.422 e. The molecule has 1 N–H and O–H groups in total. The number of anilines is 1. The fourth-order valence-corrected chi connectivity index (χ4v) is 5.19. The number of rotatable bonds is 7. The molecule has 13 heteroatoms. The van der Waals surface area contributed by atoms with Crippen molar-refractivity contribution in [1.29, 1.82) is 0 Å². The second kappa shape index (κ2) is 9.78. The van der Waals surface area contributed by atoms with Crippen molar-refractivity contribution < 1.29 is 30.8 Å². The number of fused-ring (bicyclic) bond motifs is 1. The van der Waals surface area contributed by atoms with Gasteiger partial charge >= 0.3 is 6.18 Å². The zero-order valence-electron chi connectivity index (χ0n) is 18.8. The zero-order chi connectivity index (χ0) is 25.4. The Morgan fingerprint density at radius 2 is 2.03 bits per heavy atom. The first-order valence-corrected chi connectivity index (χ1v) is 12.9. The van der Waals surface area contributed by atoms with Crippen molar-refractivity contribution >= 4 is 31.8 Å². The third-order valence-electron chi connectivity index (χ3n) is 5.72. The number of hydrogen-bond acceptors (Lipinski definition) is 7. The number of sulfonamides is 1. The molecule has 8 nitrogen and oxygen atoms in total. The quantitative estimate of drug-likeness (QED) is 0.424. The molecule has 0 saturated heterocycles. The van der Waals surface area contributed by atoms with Gasteiger partial charge in [-0.15, -0.1) is 0 Å². The first-order valence-electron chi connectivity index (χ1n) is 10.6. The number of aromatic nitrogens is 2. The maximum absolute atomic E-state index is 12.9. The number of benzene rings is 1. The minimum atomic E-state index is -4.43. The third-order valence-corrected chi connectivity index (χ3v) is 8.00. The average molecular weight is 575 g/mol. The van der Waals surface area contributed by atoms with Crippen LogP contribution in [0.1, 0.15) is 35.4 Å². The van der Waals surface area contributed by atoms with E-state index in [-0.39, 0.29) is 22.6 Å². The summed E-state index contributed by atoms with van der Waals surface area (Å²) in [6, 6.07) is 8.01. The first-order chi connectivity index (χ1) is 16.4. The lowest BCUT2D eigenvalue weighted by molar-refractivity contribution is -0.154. The lowest BCUT2D eigenvalue weighted by Gasteiger charge is -2.34. The Morgan fingerprint density at radius 1 is 1.26 bits per heavy atom.